The smallest absolute Gasteiger partial charge is 0.300 e. The number of benzene rings is 2. The monoisotopic (exact) mass is 473 g/mol. The van der Waals surface area contributed by atoms with Crippen LogP contribution in [0.2, 0.25) is 0 Å². The summed E-state index contributed by atoms with van der Waals surface area (Å²) in [6.45, 7) is 12.5. The molecule has 1 fully saturated rings. The Morgan fingerprint density at radius 2 is 1.80 bits per heavy atom. The molecule has 1 atom stereocenters. The number of amides is 1. The molecule has 0 aliphatic carbocycles. The number of hydrogen-bond donors (Lipinski definition) is 1. The number of aliphatic hydroxyl groups excluding tert-OH is 1. The number of aliphatic hydroxyl groups is 1. The van der Waals surface area contributed by atoms with Crippen LogP contribution in [0.15, 0.2) is 64.8 Å². The molecule has 6 nitrogen and oxygen atoms in total. The number of ketones is 1. The van der Waals surface area contributed by atoms with E-state index >= 15 is 0 Å². The lowest BCUT2D eigenvalue weighted by atomic mass is 9.84. The van der Waals surface area contributed by atoms with Crippen LogP contribution in [-0.2, 0) is 15.0 Å². The molecule has 1 aliphatic heterocycles. The van der Waals surface area contributed by atoms with Gasteiger partial charge in [0.2, 0.25) is 0 Å². The van der Waals surface area contributed by atoms with Crippen molar-refractivity contribution in [3.63, 3.8) is 0 Å². The number of furan rings is 1. The third-order valence-corrected chi connectivity index (χ3v) is 6.39. The molecule has 3 aromatic rings. The van der Waals surface area contributed by atoms with E-state index < -0.39 is 17.7 Å². The molecule has 0 saturated carbocycles. The Labute approximate surface area is 205 Å². The van der Waals surface area contributed by atoms with Gasteiger partial charge in [0.25, 0.3) is 11.7 Å². The quantitative estimate of drug-likeness (QED) is 0.270. The maximum atomic E-state index is 13.3. The van der Waals surface area contributed by atoms with Crippen molar-refractivity contribution in [1.82, 2.24) is 0 Å². The second-order valence-corrected chi connectivity index (χ2v) is 9.85. The van der Waals surface area contributed by atoms with Gasteiger partial charge in [-0.05, 0) is 79.8 Å². The van der Waals surface area contributed by atoms with Gasteiger partial charge in [0.1, 0.15) is 23.3 Å². The summed E-state index contributed by atoms with van der Waals surface area (Å²) < 4.78 is 11.4. The second kappa shape index (κ2) is 9.10. The van der Waals surface area contributed by atoms with E-state index in [0.717, 1.165) is 22.4 Å². The highest BCUT2D eigenvalue weighted by Crippen LogP contribution is 2.43. The molecule has 1 aliphatic rings. The number of aryl methyl sites for hydroxylation is 2. The maximum Gasteiger partial charge on any atom is 0.300 e. The van der Waals surface area contributed by atoms with Crippen molar-refractivity contribution in [2.45, 2.75) is 53.0 Å². The van der Waals surface area contributed by atoms with Gasteiger partial charge >= 0.3 is 0 Å². The maximum absolute atomic E-state index is 13.3. The molecule has 1 unspecified atom stereocenters. The van der Waals surface area contributed by atoms with Crippen LogP contribution < -0.4 is 9.64 Å². The van der Waals surface area contributed by atoms with E-state index in [0.29, 0.717) is 23.6 Å². The van der Waals surface area contributed by atoms with E-state index in [4.69, 9.17) is 9.15 Å². The van der Waals surface area contributed by atoms with Gasteiger partial charge in [0, 0.05) is 16.8 Å². The van der Waals surface area contributed by atoms with Crippen LogP contribution in [-0.4, -0.2) is 23.4 Å². The van der Waals surface area contributed by atoms with Crippen molar-refractivity contribution in [2.24, 2.45) is 0 Å². The molecule has 1 N–H and O–H groups in total. The minimum atomic E-state index is -0.892. The van der Waals surface area contributed by atoms with Crippen molar-refractivity contribution in [1.29, 1.82) is 0 Å². The Bertz CT molecular complexity index is 1310. The first-order valence-electron chi connectivity index (χ1n) is 11.7. The minimum Gasteiger partial charge on any atom is -0.507 e. The van der Waals surface area contributed by atoms with Gasteiger partial charge in [-0.3, -0.25) is 14.5 Å². The molecule has 1 amide bonds. The highest BCUT2D eigenvalue weighted by molar-refractivity contribution is 6.51. The molecule has 4 rings (SSSR count). The number of nitrogens with zero attached hydrogens (tertiary/aromatic N) is 1. The van der Waals surface area contributed by atoms with Gasteiger partial charge in [0.05, 0.1) is 18.4 Å². The standard InChI is InChI=1S/C29H31NO5/c1-7-34-22-13-11-19(16-21(22)29(4,5)6)26(31)24-25(23-9-8-14-35-23)30(28(33)27(24)32)20-12-10-17(2)18(3)15-20/h8-16,25,31H,7H2,1-6H3/b26-24-. The van der Waals surface area contributed by atoms with E-state index in [-0.39, 0.29) is 16.7 Å². The molecule has 0 bridgehead atoms. The van der Waals surface area contributed by atoms with Crippen LogP contribution in [0.1, 0.15) is 61.8 Å². The average Bonchev–Trinajstić information content (AvgIpc) is 3.42. The van der Waals surface area contributed by atoms with Gasteiger partial charge in [-0.1, -0.05) is 26.8 Å². The summed E-state index contributed by atoms with van der Waals surface area (Å²) in [6.07, 6.45) is 1.49. The van der Waals surface area contributed by atoms with Gasteiger partial charge in [-0.2, -0.15) is 0 Å². The van der Waals surface area contributed by atoms with Crippen LogP contribution in [0.5, 0.6) is 5.75 Å². The molecule has 0 spiro atoms. The van der Waals surface area contributed by atoms with Crippen LogP contribution in [0.3, 0.4) is 0 Å². The molecule has 2 aromatic carbocycles. The first kappa shape index (κ1) is 24.3. The number of carbonyl (C=O) groups is 2. The molecule has 1 aromatic heterocycles. The number of carbonyl (C=O) groups excluding carboxylic acids is 2. The van der Waals surface area contributed by atoms with Gasteiger partial charge < -0.3 is 14.3 Å². The highest BCUT2D eigenvalue weighted by atomic mass is 16.5. The molecule has 182 valence electrons. The normalized spacial score (nSPS) is 17.8. The van der Waals surface area contributed by atoms with Crippen molar-refractivity contribution >= 4 is 23.1 Å². The van der Waals surface area contributed by atoms with Gasteiger partial charge in [-0.25, -0.2) is 0 Å². The van der Waals surface area contributed by atoms with Gasteiger partial charge in [-0.15, -0.1) is 0 Å². The fourth-order valence-electron chi connectivity index (χ4n) is 4.39. The third-order valence-electron chi connectivity index (χ3n) is 6.39. The Kier molecular flexibility index (Phi) is 6.32. The number of rotatable bonds is 5. The lowest BCUT2D eigenvalue weighted by Crippen LogP contribution is -2.29. The van der Waals surface area contributed by atoms with Crippen LogP contribution in [0.25, 0.3) is 5.76 Å². The first-order valence-corrected chi connectivity index (χ1v) is 11.7. The van der Waals surface area contributed by atoms with E-state index in [2.05, 4.69) is 20.8 Å². The number of Topliss-reactive ketones (excluding diaryl/α,β-unsaturated/α-hetero) is 1. The zero-order valence-corrected chi connectivity index (χ0v) is 21.0. The van der Waals surface area contributed by atoms with E-state index in [1.54, 1.807) is 30.3 Å². The number of hydrogen-bond acceptors (Lipinski definition) is 5. The average molecular weight is 474 g/mol. The van der Waals surface area contributed by atoms with Crippen molar-refractivity contribution < 1.29 is 23.8 Å². The summed E-state index contributed by atoms with van der Waals surface area (Å²) in [5.41, 5.74) is 3.68. The minimum absolute atomic E-state index is 0.00722. The van der Waals surface area contributed by atoms with E-state index in [9.17, 15) is 14.7 Å². The topological polar surface area (TPSA) is 80.0 Å². The molecular weight excluding hydrogens is 442 g/mol. The molecule has 6 heteroatoms. The summed E-state index contributed by atoms with van der Waals surface area (Å²) in [6, 6.07) is 13.4. The summed E-state index contributed by atoms with van der Waals surface area (Å²) in [5, 5.41) is 11.4. The molecule has 2 heterocycles. The first-order chi connectivity index (χ1) is 16.5. The lowest BCUT2D eigenvalue weighted by Gasteiger charge is -2.25. The van der Waals surface area contributed by atoms with Crippen molar-refractivity contribution in [3.8, 4) is 5.75 Å². The van der Waals surface area contributed by atoms with Crippen molar-refractivity contribution in [2.75, 3.05) is 11.5 Å². The Balaban J connectivity index is 1.92. The predicted octanol–water partition coefficient (Wildman–Crippen LogP) is 6.22. The summed E-state index contributed by atoms with van der Waals surface area (Å²) >= 11 is 0. The highest BCUT2D eigenvalue weighted by Gasteiger charge is 2.48. The fraction of sp³-hybridized carbons (Fsp3) is 0.310. The Morgan fingerprint density at radius 1 is 1.06 bits per heavy atom. The number of anilines is 1. The molecule has 0 radical (unpaired) electrons. The lowest BCUT2D eigenvalue weighted by molar-refractivity contribution is -0.132. The van der Waals surface area contributed by atoms with E-state index in [1.165, 1.54) is 11.2 Å². The van der Waals surface area contributed by atoms with Crippen molar-refractivity contribution in [3.05, 3.63) is 88.4 Å². The van der Waals surface area contributed by atoms with E-state index in [1.807, 2.05) is 39.0 Å². The summed E-state index contributed by atoms with van der Waals surface area (Å²) in [5.74, 6) is -0.600. The van der Waals surface area contributed by atoms with Crippen LogP contribution >= 0.6 is 0 Å². The Hall–Kier alpha value is -3.80. The summed E-state index contributed by atoms with van der Waals surface area (Å²) in [7, 11) is 0. The predicted molar refractivity (Wildman–Crippen MR) is 136 cm³/mol. The SMILES string of the molecule is CCOc1ccc(/C(O)=C2/C(=O)C(=O)N(c3ccc(C)c(C)c3)C2c2ccco2)cc1C(C)(C)C. The zero-order chi connectivity index (χ0) is 25.5. The van der Waals surface area contributed by atoms with Crippen LogP contribution in [0.4, 0.5) is 5.69 Å². The summed E-state index contributed by atoms with van der Waals surface area (Å²) in [4.78, 5) is 28.0. The second-order valence-electron chi connectivity index (χ2n) is 9.85. The third kappa shape index (κ3) is 4.36. The largest absolute Gasteiger partial charge is 0.507 e. The van der Waals surface area contributed by atoms with Crippen LogP contribution in [0, 0.1) is 13.8 Å². The molecule has 35 heavy (non-hydrogen) atoms. The molecular formula is C29H31NO5. The number of ether oxygens (including phenoxy) is 1. The molecule has 1 saturated heterocycles. The fourth-order valence-corrected chi connectivity index (χ4v) is 4.39. The Morgan fingerprint density at radius 3 is 2.40 bits per heavy atom. The van der Waals surface area contributed by atoms with Gasteiger partial charge in [0.15, 0.2) is 0 Å². The zero-order valence-electron chi connectivity index (χ0n) is 21.0.